The van der Waals surface area contributed by atoms with Gasteiger partial charge in [-0.2, -0.15) is 0 Å². The van der Waals surface area contributed by atoms with Crippen molar-refractivity contribution in [3.05, 3.63) is 83.9 Å². The van der Waals surface area contributed by atoms with Gasteiger partial charge in [0.1, 0.15) is 11.0 Å². The molecular formula is C40H46N2O2. The molecule has 0 saturated carbocycles. The zero-order chi connectivity index (χ0) is 31.7. The molecule has 6 rings (SSSR count). The number of nitrogens with zero attached hydrogens (tertiary/aromatic N) is 2. The second-order valence-electron chi connectivity index (χ2n) is 16.4. The summed E-state index contributed by atoms with van der Waals surface area (Å²) < 4.78 is 12.9. The quantitative estimate of drug-likeness (QED) is 0.195. The smallest absolute Gasteiger partial charge is 0.228 e. The second kappa shape index (κ2) is 10.3. The maximum absolute atomic E-state index is 6.50. The summed E-state index contributed by atoms with van der Waals surface area (Å²) in [6.45, 7) is 23.0. The number of hydrogen-bond donors (Lipinski definition) is 0. The van der Waals surface area contributed by atoms with E-state index in [1.807, 2.05) is 0 Å². The van der Waals surface area contributed by atoms with Gasteiger partial charge in [0.05, 0.1) is 11.1 Å². The Balaban J connectivity index is 1.48. The molecule has 0 aliphatic carbocycles. The highest BCUT2D eigenvalue weighted by molar-refractivity contribution is 6.02. The molecule has 0 aliphatic rings. The Morgan fingerprint density at radius 3 is 1.59 bits per heavy atom. The van der Waals surface area contributed by atoms with Crippen LogP contribution in [0.5, 0.6) is 0 Å². The van der Waals surface area contributed by atoms with Crippen LogP contribution in [0.2, 0.25) is 0 Å². The first-order chi connectivity index (χ1) is 20.5. The summed E-state index contributed by atoms with van der Waals surface area (Å²) in [6, 6.07) is 25.4. The molecule has 44 heavy (non-hydrogen) atoms. The van der Waals surface area contributed by atoms with Gasteiger partial charge in [-0.15, -0.1) is 0 Å². The van der Waals surface area contributed by atoms with Crippen molar-refractivity contribution in [2.45, 2.75) is 92.9 Å². The first-order valence-corrected chi connectivity index (χ1v) is 15.8. The molecule has 0 atom stereocenters. The van der Waals surface area contributed by atoms with Crippen molar-refractivity contribution in [1.82, 2.24) is 9.97 Å². The zero-order valence-corrected chi connectivity index (χ0v) is 28.1. The van der Waals surface area contributed by atoms with Gasteiger partial charge in [-0.05, 0) is 86.7 Å². The van der Waals surface area contributed by atoms with Crippen molar-refractivity contribution in [1.29, 1.82) is 0 Å². The zero-order valence-electron chi connectivity index (χ0n) is 28.1. The van der Waals surface area contributed by atoms with Gasteiger partial charge >= 0.3 is 0 Å². The van der Waals surface area contributed by atoms with Gasteiger partial charge in [0.25, 0.3) is 0 Å². The van der Waals surface area contributed by atoms with Crippen molar-refractivity contribution in [2.24, 2.45) is 10.8 Å². The van der Waals surface area contributed by atoms with E-state index in [9.17, 15) is 0 Å². The molecule has 2 heterocycles. The van der Waals surface area contributed by atoms with E-state index in [-0.39, 0.29) is 21.7 Å². The normalized spacial score (nSPS) is 13.4. The van der Waals surface area contributed by atoms with Crippen LogP contribution >= 0.6 is 0 Å². The molecule has 0 fully saturated rings. The third-order valence-electron chi connectivity index (χ3n) is 8.66. The largest absolute Gasteiger partial charge is 0.436 e. The number of aromatic nitrogens is 2. The fraction of sp³-hybridized carbons (Fsp3) is 0.400. The summed E-state index contributed by atoms with van der Waals surface area (Å²) >= 11 is 0. The minimum Gasteiger partial charge on any atom is -0.436 e. The molecular weight excluding hydrogens is 540 g/mol. The molecule has 0 aliphatic heterocycles. The lowest BCUT2D eigenvalue weighted by Crippen LogP contribution is -2.24. The molecule has 0 N–H and O–H groups in total. The minimum atomic E-state index is 0.00858. The van der Waals surface area contributed by atoms with E-state index in [4.69, 9.17) is 18.8 Å². The first kappa shape index (κ1) is 30.1. The maximum atomic E-state index is 6.50. The summed E-state index contributed by atoms with van der Waals surface area (Å²) in [5.74, 6) is 1.15. The number of benzene rings is 4. The van der Waals surface area contributed by atoms with Gasteiger partial charge in [0.2, 0.25) is 11.8 Å². The second-order valence-corrected chi connectivity index (χ2v) is 16.4. The monoisotopic (exact) mass is 586 g/mol. The fourth-order valence-corrected chi connectivity index (χ4v) is 7.45. The van der Waals surface area contributed by atoms with E-state index in [1.54, 1.807) is 0 Å². The van der Waals surface area contributed by atoms with Gasteiger partial charge in [-0.3, -0.25) is 0 Å². The fourth-order valence-electron chi connectivity index (χ4n) is 7.45. The standard InChI is InChI=1S/C40H46N2O2/c1-37(2,3)23-39(7,8)26-16-19-32-30(21-26)41-35(43-32)29-18-15-25-13-11-12-14-28(25)34(29)36-42-31-22-27(17-20-33(31)44-36)40(9,10)24-38(4,5)6/h11-22H,23-24H2,1-10H3. The van der Waals surface area contributed by atoms with Crippen LogP contribution in [0.15, 0.2) is 81.6 Å². The summed E-state index contributed by atoms with van der Waals surface area (Å²) in [5, 5.41) is 2.17. The average molecular weight is 587 g/mol. The van der Waals surface area contributed by atoms with Crippen LogP contribution in [0, 0.1) is 10.8 Å². The number of hydrogen-bond acceptors (Lipinski definition) is 4. The molecule has 0 amide bonds. The Morgan fingerprint density at radius 2 is 1.05 bits per heavy atom. The molecule has 4 aromatic carbocycles. The van der Waals surface area contributed by atoms with Crippen LogP contribution in [0.3, 0.4) is 0 Å². The molecule has 4 nitrogen and oxygen atoms in total. The lowest BCUT2D eigenvalue weighted by Gasteiger charge is -2.33. The minimum absolute atomic E-state index is 0.00858. The summed E-state index contributed by atoms with van der Waals surface area (Å²) in [5.41, 5.74) is 8.03. The van der Waals surface area contributed by atoms with Crippen molar-refractivity contribution < 1.29 is 8.83 Å². The molecule has 0 saturated heterocycles. The SMILES string of the molecule is CC(C)(C)CC(C)(C)c1ccc2oc(-c3ccc4ccccc4c3-c3nc4cc(C(C)(C)CC(C)(C)C)ccc4o3)nc2c1. The molecule has 0 unspecified atom stereocenters. The molecule has 6 aromatic rings. The molecule has 0 spiro atoms. The molecule has 0 radical (unpaired) electrons. The van der Waals surface area contributed by atoms with Crippen LogP contribution in [0.1, 0.15) is 93.2 Å². The highest BCUT2D eigenvalue weighted by atomic mass is 16.4. The van der Waals surface area contributed by atoms with Crippen LogP contribution < -0.4 is 0 Å². The predicted octanol–water partition coefficient (Wildman–Crippen LogP) is 11.9. The van der Waals surface area contributed by atoms with Crippen molar-refractivity contribution >= 4 is 33.0 Å². The molecule has 4 heteroatoms. The van der Waals surface area contributed by atoms with Gasteiger partial charge in [-0.1, -0.05) is 112 Å². The Bertz CT molecular complexity index is 1990. The topological polar surface area (TPSA) is 52.1 Å². The first-order valence-electron chi connectivity index (χ1n) is 15.8. The lowest BCUT2D eigenvalue weighted by atomic mass is 9.72. The third kappa shape index (κ3) is 5.92. The molecule has 2 aromatic heterocycles. The third-order valence-corrected chi connectivity index (χ3v) is 8.66. The van der Waals surface area contributed by atoms with Gasteiger partial charge < -0.3 is 8.83 Å². The Hall–Kier alpha value is -3.92. The Labute approximate surface area is 261 Å². The average Bonchev–Trinajstić information content (AvgIpc) is 3.53. The van der Waals surface area contributed by atoms with Crippen molar-refractivity contribution in [3.63, 3.8) is 0 Å². The van der Waals surface area contributed by atoms with Crippen LogP contribution in [-0.4, -0.2) is 9.97 Å². The van der Waals surface area contributed by atoms with E-state index in [0.717, 1.165) is 56.9 Å². The van der Waals surface area contributed by atoms with Gasteiger partial charge in [0, 0.05) is 0 Å². The Morgan fingerprint density at radius 1 is 0.545 bits per heavy atom. The van der Waals surface area contributed by atoms with Crippen LogP contribution in [-0.2, 0) is 10.8 Å². The summed E-state index contributed by atoms with van der Waals surface area (Å²) in [6.07, 6.45) is 2.13. The van der Waals surface area contributed by atoms with E-state index in [2.05, 4.69) is 142 Å². The number of rotatable bonds is 6. The van der Waals surface area contributed by atoms with Gasteiger partial charge in [-0.25, -0.2) is 9.97 Å². The summed E-state index contributed by atoms with van der Waals surface area (Å²) in [4.78, 5) is 10.1. The predicted molar refractivity (Wildman–Crippen MR) is 184 cm³/mol. The van der Waals surface area contributed by atoms with Gasteiger partial charge in [0.15, 0.2) is 11.2 Å². The van der Waals surface area contributed by atoms with E-state index in [1.165, 1.54) is 11.1 Å². The lowest BCUT2D eigenvalue weighted by molar-refractivity contribution is 0.284. The van der Waals surface area contributed by atoms with E-state index in [0.29, 0.717) is 11.8 Å². The number of oxazole rings is 2. The van der Waals surface area contributed by atoms with E-state index >= 15 is 0 Å². The van der Waals surface area contributed by atoms with Crippen molar-refractivity contribution in [3.8, 4) is 22.9 Å². The number of fused-ring (bicyclic) bond motifs is 3. The molecule has 0 bridgehead atoms. The maximum Gasteiger partial charge on any atom is 0.228 e. The Kier molecular flexibility index (Phi) is 7.07. The van der Waals surface area contributed by atoms with Crippen molar-refractivity contribution in [2.75, 3.05) is 0 Å². The highest BCUT2D eigenvalue weighted by Gasteiger charge is 2.30. The van der Waals surface area contributed by atoms with Crippen LogP contribution in [0.25, 0.3) is 55.9 Å². The molecule has 228 valence electrons. The van der Waals surface area contributed by atoms with E-state index < -0.39 is 0 Å². The summed E-state index contributed by atoms with van der Waals surface area (Å²) in [7, 11) is 0. The van der Waals surface area contributed by atoms with Crippen LogP contribution in [0.4, 0.5) is 0 Å². The highest BCUT2D eigenvalue weighted by Crippen LogP contribution is 2.42.